The molecule has 0 aliphatic heterocycles. The van der Waals surface area contributed by atoms with Gasteiger partial charge < -0.3 is 15.6 Å². The van der Waals surface area contributed by atoms with Crippen LogP contribution >= 0.6 is 28.3 Å². The van der Waals surface area contributed by atoms with Gasteiger partial charge in [-0.3, -0.25) is 0 Å². The Labute approximate surface area is 139 Å². The largest absolute Gasteiger partial charge is 0.573 e. The molecule has 0 aliphatic carbocycles. The van der Waals surface area contributed by atoms with Crippen LogP contribution in [0.2, 0.25) is 0 Å². The first-order chi connectivity index (χ1) is 9.76. The molecule has 22 heavy (non-hydrogen) atoms. The van der Waals surface area contributed by atoms with Crippen molar-refractivity contribution in [2.24, 2.45) is 5.73 Å². The molecule has 0 fully saturated rings. The Morgan fingerprint density at radius 2 is 1.68 bits per heavy atom. The maximum absolute atomic E-state index is 12.1. The highest BCUT2D eigenvalue weighted by Crippen LogP contribution is 2.31. The summed E-state index contributed by atoms with van der Waals surface area (Å²) in [7, 11) is 0. The first-order valence-corrected chi connectivity index (χ1v) is 6.65. The summed E-state index contributed by atoms with van der Waals surface area (Å²) < 4.78 is 40.7. The second-order valence-electron chi connectivity index (χ2n) is 4.30. The summed E-state index contributed by atoms with van der Waals surface area (Å²) in [5, 5.41) is 9.85. The molecule has 0 saturated heterocycles. The van der Waals surface area contributed by atoms with Crippen molar-refractivity contribution >= 4 is 28.3 Å². The van der Waals surface area contributed by atoms with Crippen LogP contribution in [-0.4, -0.2) is 11.5 Å². The van der Waals surface area contributed by atoms with Gasteiger partial charge in [-0.25, -0.2) is 0 Å². The van der Waals surface area contributed by atoms with Crippen LogP contribution < -0.4 is 10.5 Å². The number of phenolic OH excluding ortho intramolecular Hbond substituents is 1. The zero-order chi connectivity index (χ0) is 15.6. The van der Waals surface area contributed by atoms with Crippen molar-refractivity contribution in [2.45, 2.75) is 12.4 Å². The van der Waals surface area contributed by atoms with Crippen molar-refractivity contribution in [2.75, 3.05) is 0 Å². The minimum atomic E-state index is -4.73. The van der Waals surface area contributed by atoms with Crippen LogP contribution in [0.3, 0.4) is 0 Å². The normalized spacial score (nSPS) is 12.4. The lowest BCUT2D eigenvalue weighted by atomic mass is 9.99. The molecule has 1 atom stereocenters. The topological polar surface area (TPSA) is 55.5 Å². The maximum Gasteiger partial charge on any atom is 0.573 e. The van der Waals surface area contributed by atoms with Gasteiger partial charge in [0.05, 0.1) is 6.04 Å². The van der Waals surface area contributed by atoms with Gasteiger partial charge in [0.25, 0.3) is 0 Å². The highest BCUT2D eigenvalue weighted by molar-refractivity contribution is 9.10. The molecular weight excluding hydrogens is 387 g/mol. The predicted octanol–water partition coefficient (Wildman–Crippen LogP) is 4.52. The Bertz CT molecular complexity index is 635. The number of aromatic hydroxyl groups is 1. The van der Waals surface area contributed by atoms with Crippen molar-refractivity contribution < 1.29 is 23.0 Å². The van der Waals surface area contributed by atoms with E-state index in [0.717, 1.165) is 0 Å². The van der Waals surface area contributed by atoms with E-state index in [1.807, 2.05) is 0 Å². The molecule has 0 radical (unpaired) electrons. The predicted molar refractivity (Wildman–Crippen MR) is 82.2 cm³/mol. The van der Waals surface area contributed by atoms with E-state index in [0.29, 0.717) is 15.6 Å². The number of hydrogen-bond donors (Lipinski definition) is 2. The maximum atomic E-state index is 12.1. The van der Waals surface area contributed by atoms with Gasteiger partial charge in [0.2, 0.25) is 0 Å². The van der Waals surface area contributed by atoms with Crippen LogP contribution in [0.4, 0.5) is 13.2 Å². The number of ether oxygens (including phenoxy) is 1. The minimum Gasteiger partial charge on any atom is -0.508 e. The first-order valence-electron chi connectivity index (χ1n) is 5.86. The molecule has 0 unspecified atom stereocenters. The highest BCUT2D eigenvalue weighted by Gasteiger charge is 2.31. The molecule has 0 aromatic heterocycles. The second kappa shape index (κ2) is 7.21. The van der Waals surface area contributed by atoms with E-state index in [9.17, 15) is 18.3 Å². The van der Waals surface area contributed by atoms with Gasteiger partial charge in [0.15, 0.2) is 0 Å². The van der Waals surface area contributed by atoms with Crippen LogP contribution in [0, 0.1) is 0 Å². The van der Waals surface area contributed by atoms with E-state index in [4.69, 9.17) is 5.73 Å². The number of rotatable bonds is 3. The SMILES string of the molecule is Cl.N[C@@H](c1ccc(OC(F)(F)F)cc1)c1ccc(Br)cc1O. The van der Waals surface area contributed by atoms with Gasteiger partial charge in [-0.2, -0.15) is 0 Å². The van der Waals surface area contributed by atoms with Crippen LogP contribution in [-0.2, 0) is 0 Å². The third-order valence-corrected chi connectivity index (χ3v) is 3.29. The van der Waals surface area contributed by atoms with Crippen LogP contribution in [0.15, 0.2) is 46.9 Å². The monoisotopic (exact) mass is 397 g/mol. The fourth-order valence-electron chi connectivity index (χ4n) is 1.84. The van der Waals surface area contributed by atoms with Crippen LogP contribution in [0.5, 0.6) is 11.5 Å². The van der Waals surface area contributed by atoms with Crippen LogP contribution in [0.25, 0.3) is 0 Å². The molecule has 0 saturated carbocycles. The van der Waals surface area contributed by atoms with E-state index in [-0.39, 0.29) is 23.9 Å². The molecule has 0 bridgehead atoms. The van der Waals surface area contributed by atoms with Crippen molar-refractivity contribution in [1.29, 1.82) is 0 Å². The van der Waals surface area contributed by atoms with Gasteiger partial charge in [-0.05, 0) is 29.8 Å². The Balaban J connectivity index is 0.00000242. The smallest absolute Gasteiger partial charge is 0.508 e. The Kier molecular flexibility index (Phi) is 6.10. The minimum absolute atomic E-state index is 0. The molecule has 0 aliphatic rings. The summed E-state index contributed by atoms with van der Waals surface area (Å²) in [4.78, 5) is 0. The van der Waals surface area contributed by atoms with E-state index in [2.05, 4.69) is 20.7 Å². The molecule has 2 aromatic carbocycles. The molecular formula is C14H12BrClF3NO2. The van der Waals surface area contributed by atoms with E-state index in [1.165, 1.54) is 30.3 Å². The number of nitrogens with two attached hydrogens (primary N) is 1. The van der Waals surface area contributed by atoms with Gasteiger partial charge in [-0.15, -0.1) is 25.6 Å². The second-order valence-corrected chi connectivity index (χ2v) is 5.21. The van der Waals surface area contributed by atoms with E-state index < -0.39 is 12.4 Å². The molecule has 120 valence electrons. The van der Waals surface area contributed by atoms with Gasteiger partial charge in [-0.1, -0.05) is 34.1 Å². The van der Waals surface area contributed by atoms with Gasteiger partial charge in [0, 0.05) is 10.0 Å². The third-order valence-electron chi connectivity index (χ3n) is 2.80. The lowest BCUT2D eigenvalue weighted by molar-refractivity contribution is -0.274. The van der Waals surface area contributed by atoms with E-state index in [1.54, 1.807) is 12.1 Å². The van der Waals surface area contributed by atoms with Crippen molar-refractivity contribution in [3.05, 3.63) is 58.1 Å². The Hall–Kier alpha value is -1.44. The van der Waals surface area contributed by atoms with Gasteiger partial charge in [0.1, 0.15) is 11.5 Å². The standard InChI is InChI=1S/C14H11BrF3NO2.ClH/c15-9-3-6-11(12(20)7-9)13(19)8-1-4-10(5-2-8)21-14(16,17)18;/h1-7,13,20H,19H2;1H/t13-;/m0./s1. The quantitative estimate of drug-likeness (QED) is 0.799. The number of alkyl halides is 3. The number of halogens is 5. The number of hydrogen-bond acceptors (Lipinski definition) is 3. The molecule has 2 rings (SSSR count). The Morgan fingerprint density at radius 3 is 2.18 bits per heavy atom. The molecule has 8 heteroatoms. The number of phenols is 1. The fourth-order valence-corrected chi connectivity index (χ4v) is 2.19. The summed E-state index contributed by atoms with van der Waals surface area (Å²) in [6.45, 7) is 0. The van der Waals surface area contributed by atoms with Gasteiger partial charge >= 0.3 is 6.36 Å². The lowest BCUT2D eigenvalue weighted by Crippen LogP contribution is -2.17. The average Bonchev–Trinajstić information content (AvgIpc) is 2.37. The highest BCUT2D eigenvalue weighted by atomic mass is 79.9. The summed E-state index contributed by atoms with van der Waals surface area (Å²) in [6.07, 6.45) is -4.73. The summed E-state index contributed by atoms with van der Waals surface area (Å²) in [6, 6.07) is 9.41. The summed E-state index contributed by atoms with van der Waals surface area (Å²) in [5.74, 6) is -0.314. The van der Waals surface area contributed by atoms with Crippen molar-refractivity contribution in [1.82, 2.24) is 0 Å². The fraction of sp³-hybridized carbons (Fsp3) is 0.143. The van der Waals surface area contributed by atoms with E-state index >= 15 is 0 Å². The zero-order valence-electron chi connectivity index (χ0n) is 11.0. The zero-order valence-corrected chi connectivity index (χ0v) is 13.4. The van der Waals surface area contributed by atoms with Crippen LogP contribution in [0.1, 0.15) is 17.2 Å². The molecule has 0 heterocycles. The summed E-state index contributed by atoms with van der Waals surface area (Å²) in [5.41, 5.74) is 7.04. The number of benzene rings is 2. The molecule has 3 N–H and O–H groups in total. The Morgan fingerprint density at radius 1 is 1.09 bits per heavy atom. The molecule has 2 aromatic rings. The first kappa shape index (κ1) is 18.6. The lowest BCUT2D eigenvalue weighted by Gasteiger charge is -2.15. The average molecular weight is 399 g/mol. The molecule has 3 nitrogen and oxygen atoms in total. The van der Waals surface area contributed by atoms with Crippen molar-refractivity contribution in [3.63, 3.8) is 0 Å². The molecule has 0 spiro atoms. The summed E-state index contributed by atoms with van der Waals surface area (Å²) >= 11 is 3.22. The third kappa shape index (κ3) is 4.79. The van der Waals surface area contributed by atoms with Crippen molar-refractivity contribution in [3.8, 4) is 11.5 Å². The molecule has 0 amide bonds.